The summed E-state index contributed by atoms with van der Waals surface area (Å²) in [7, 11) is 0. The molecule has 0 spiro atoms. The molecule has 4 N–H and O–H groups in total. The highest BCUT2D eigenvalue weighted by atomic mass is 16.4. The van der Waals surface area contributed by atoms with Crippen molar-refractivity contribution in [1.29, 1.82) is 0 Å². The van der Waals surface area contributed by atoms with Crippen LogP contribution >= 0.6 is 0 Å². The van der Waals surface area contributed by atoms with Crippen molar-refractivity contribution >= 4 is 23.9 Å². The Kier molecular flexibility index (Phi) is 4.60. The maximum absolute atomic E-state index is 11.7. The van der Waals surface area contributed by atoms with E-state index in [9.17, 15) is 34.5 Å². The Morgan fingerprint density at radius 1 is 0.905 bits per heavy atom. The van der Waals surface area contributed by atoms with E-state index in [0.29, 0.717) is 0 Å². The summed E-state index contributed by atoms with van der Waals surface area (Å²) in [6.07, 6.45) is -1.02. The van der Waals surface area contributed by atoms with Crippen molar-refractivity contribution < 1.29 is 39.6 Å². The molecule has 4 unspecified atom stereocenters. The molecule has 0 aliphatic heterocycles. The lowest BCUT2D eigenvalue weighted by atomic mass is 9.55. The first-order valence-electron chi connectivity index (χ1n) is 6.47. The number of hydrogen-bond donors (Lipinski definition) is 4. The fourth-order valence-electron chi connectivity index (χ4n) is 3.25. The van der Waals surface area contributed by atoms with Crippen LogP contribution < -0.4 is 0 Å². The van der Waals surface area contributed by atoms with Crippen molar-refractivity contribution in [3.8, 4) is 0 Å². The molecule has 0 amide bonds. The smallest absolute Gasteiger partial charge is 0.310 e. The lowest BCUT2D eigenvalue weighted by Crippen LogP contribution is -2.55. The van der Waals surface area contributed by atoms with Crippen LogP contribution in [0.15, 0.2) is 0 Å². The molecule has 0 aromatic rings. The Balaban J connectivity index is 3.42. The molecule has 118 valence electrons. The number of carboxylic acids is 4. The molecule has 0 radical (unpaired) electrons. The van der Waals surface area contributed by atoms with Gasteiger partial charge >= 0.3 is 23.9 Å². The monoisotopic (exact) mass is 302 g/mol. The molecule has 0 aromatic carbocycles. The van der Waals surface area contributed by atoms with E-state index in [4.69, 9.17) is 5.11 Å². The van der Waals surface area contributed by atoms with Crippen LogP contribution in [0.25, 0.3) is 0 Å². The molecule has 1 fully saturated rings. The van der Waals surface area contributed by atoms with E-state index in [1.54, 1.807) is 0 Å². The molecule has 1 saturated carbocycles. The summed E-state index contributed by atoms with van der Waals surface area (Å²) in [5.74, 6) is -10.6. The average Bonchev–Trinajstić information content (AvgIpc) is 2.35. The molecule has 8 nitrogen and oxygen atoms in total. The molecular formula is C13H18O8. The van der Waals surface area contributed by atoms with Gasteiger partial charge in [-0.25, -0.2) is 0 Å². The van der Waals surface area contributed by atoms with Gasteiger partial charge in [-0.2, -0.15) is 0 Å². The fourth-order valence-corrected chi connectivity index (χ4v) is 3.25. The van der Waals surface area contributed by atoms with Crippen LogP contribution in [-0.2, 0) is 19.2 Å². The standard InChI is InChI=1S/C13H18O8/c1-5(2)13(12(20)21)4-7(10(16)17)6(9(14)15)3-8(13)11(18)19/h5-8H,3-4H2,1-2H3,(H,14,15)(H,16,17)(H,18,19)(H,20,21). The quantitative estimate of drug-likeness (QED) is 0.577. The lowest BCUT2D eigenvalue weighted by molar-refractivity contribution is -0.182. The highest BCUT2D eigenvalue weighted by Crippen LogP contribution is 2.51. The predicted molar refractivity (Wildman–Crippen MR) is 67.5 cm³/mol. The second kappa shape index (κ2) is 5.71. The minimum atomic E-state index is -1.79. The van der Waals surface area contributed by atoms with E-state index >= 15 is 0 Å². The Labute approximate surface area is 120 Å². The Morgan fingerprint density at radius 3 is 1.67 bits per heavy atom. The third kappa shape index (κ3) is 2.70. The van der Waals surface area contributed by atoms with Crippen LogP contribution in [0, 0.1) is 29.1 Å². The van der Waals surface area contributed by atoms with Gasteiger partial charge in [0.2, 0.25) is 0 Å². The first-order valence-corrected chi connectivity index (χ1v) is 6.47. The zero-order chi connectivity index (χ0) is 16.5. The lowest BCUT2D eigenvalue weighted by Gasteiger charge is -2.45. The topological polar surface area (TPSA) is 149 Å². The predicted octanol–water partition coefficient (Wildman–Crippen LogP) is 0.610. The minimum Gasteiger partial charge on any atom is -0.481 e. The van der Waals surface area contributed by atoms with Crippen LogP contribution in [0.5, 0.6) is 0 Å². The molecular weight excluding hydrogens is 284 g/mol. The highest BCUT2D eigenvalue weighted by molar-refractivity contribution is 5.88. The van der Waals surface area contributed by atoms with Crippen LogP contribution in [-0.4, -0.2) is 44.3 Å². The van der Waals surface area contributed by atoms with Crippen LogP contribution in [0.4, 0.5) is 0 Å². The van der Waals surface area contributed by atoms with Gasteiger partial charge in [0, 0.05) is 0 Å². The first kappa shape index (κ1) is 16.9. The number of carbonyl (C=O) groups is 4. The van der Waals surface area contributed by atoms with Gasteiger partial charge in [0.25, 0.3) is 0 Å². The largest absolute Gasteiger partial charge is 0.481 e. The van der Waals surface area contributed by atoms with Crippen molar-refractivity contribution in [2.24, 2.45) is 29.1 Å². The average molecular weight is 302 g/mol. The van der Waals surface area contributed by atoms with Gasteiger partial charge in [-0.05, 0) is 18.8 Å². The maximum Gasteiger partial charge on any atom is 0.310 e. The van der Waals surface area contributed by atoms with Gasteiger partial charge in [-0.15, -0.1) is 0 Å². The van der Waals surface area contributed by atoms with Gasteiger partial charge in [0.15, 0.2) is 0 Å². The number of rotatable bonds is 5. The molecule has 4 atom stereocenters. The second-order valence-electron chi connectivity index (χ2n) is 5.72. The van der Waals surface area contributed by atoms with Gasteiger partial charge in [0.05, 0.1) is 23.2 Å². The minimum absolute atomic E-state index is 0.508. The van der Waals surface area contributed by atoms with Gasteiger partial charge < -0.3 is 20.4 Å². The molecule has 0 aromatic heterocycles. The van der Waals surface area contributed by atoms with Crippen LogP contribution in [0.2, 0.25) is 0 Å². The van der Waals surface area contributed by atoms with E-state index in [1.807, 2.05) is 0 Å². The van der Waals surface area contributed by atoms with Gasteiger partial charge in [-0.3, -0.25) is 19.2 Å². The molecule has 1 rings (SSSR count). The first-order chi connectivity index (χ1) is 9.55. The summed E-state index contributed by atoms with van der Waals surface area (Å²) in [6, 6.07) is 0. The number of hydrogen-bond acceptors (Lipinski definition) is 4. The zero-order valence-electron chi connectivity index (χ0n) is 11.6. The van der Waals surface area contributed by atoms with Gasteiger partial charge in [0.1, 0.15) is 0 Å². The van der Waals surface area contributed by atoms with E-state index in [2.05, 4.69) is 0 Å². The number of aliphatic carboxylic acids is 4. The van der Waals surface area contributed by atoms with Crippen molar-refractivity contribution in [3.63, 3.8) is 0 Å². The fraction of sp³-hybridized carbons (Fsp3) is 0.692. The Morgan fingerprint density at radius 2 is 1.38 bits per heavy atom. The molecule has 0 bridgehead atoms. The second-order valence-corrected chi connectivity index (χ2v) is 5.72. The summed E-state index contributed by atoms with van der Waals surface area (Å²) >= 11 is 0. The highest BCUT2D eigenvalue weighted by Gasteiger charge is 2.60. The SMILES string of the molecule is CC(C)C1(C(=O)O)CC(C(=O)O)C(C(=O)O)CC1C(=O)O. The van der Waals surface area contributed by atoms with E-state index in [-0.39, 0.29) is 0 Å². The molecule has 1 aliphatic rings. The summed E-state index contributed by atoms with van der Waals surface area (Å²) < 4.78 is 0. The zero-order valence-corrected chi connectivity index (χ0v) is 11.6. The summed E-state index contributed by atoms with van der Waals surface area (Å²) in [5, 5.41) is 37.1. The van der Waals surface area contributed by atoms with Crippen LogP contribution in [0.3, 0.4) is 0 Å². The summed E-state index contributed by atoms with van der Waals surface area (Å²) in [4.78, 5) is 45.6. The third-order valence-electron chi connectivity index (χ3n) is 4.52. The molecule has 0 saturated heterocycles. The Hall–Kier alpha value is -2.12. The van der Waals surface area contributed by atoms with E-state index in [1.165, 1.54) is 13.8 Å². The maximum atomic E-state index is 11.7. The molecule has 1 aliphatic carbocycles. The van der Waals surface area contributed by atoms with Gasteiger partial charge in [-0.1, -0.05) is 13.8 Å². The molecule has 0 heterocycles. The van der Waals surface area contributed by atoms with Crippen LogP contribution in [0.1, 0.15) is 26.7 Å². The van der Waals surface area contributed by atoms with Crippen molar-refractivity contribution in [2.45, 2.75) is 26.7 Å². The van der Waals surface area contributed by atoms with Crippen molar-refractivity contribution in [2.75, 3.05) is 0 Å². The van der Waals surface area contributed by atoms with Crippen molar-refractivity contribution in [1.82, 2.24) is 0 Å². The Bertz CT molecular complexity index is 483. The summed E-state index contributed by atoms with van der Waals surface area (Å²) in [5.41, 5.74) is -1.79. The molecule has 8 heteroatoms. The normalized spacial score (nSPS) is 32.6. The van der Waals surface area contributed by atoms with E-state index < -0.39 is 65.8 Å². The summed E-state index contributed by atoms with van der Waals surface area (Å²) in [6.45, 7) is 3.01. The van der Waals surface area contributed by atoms with E-state index in [0.717, 1.165) is 0 Å². The third-order valence-corrected chi connectivity index (χ3v) is 4.52. The number of carboxylic acid groups (broad SMARTS) is 4. The van der Waals surface area contributed by atoms with Crippen molar-refractivity contribution in [3.05, 3.63) is 0 Å². The molecule has 21 heavy (non-hydrogen) atoms.